The smallest absolute Gasteiger partial charge is 0.363 e. The molecule has 0 aliphatic rings. The van der Waals surface area contributed by atoms with Gasteiger partial charge in [0, 0.05) is 0 Å². The van der Waals surface area contributed by atoms with E-state index in [9.17, 15) is 9.59 Å². The summed E-state index contributed by atoms with van der Waals surface area (Å²) in [6.45, 7) is 0. The van der Waals surface area contributed by atoms with Crippen molar-refractivity contribution in [1.82, 2.24) is 19.9 Å². The lowest BCUT2D eigenvalue weighted by molar-refractivity contribution is 0.181. The molecule has 2 aromatic heterocycles. The highest BCUT2D eigenvalue weighted by atomic mass is 16.5. The van der Waals surface area contributed by atoms with E-state index in [1.165, 1.54) is 6.20 Å². The predicted molar refractivity (Wildman–Crippen MR) is 38.2 cm³/mol. The minimum absolute atomic E-state index is 0.0104. The zero-order valence-corrected chi connectivity index (χ0v) is 5.74. The molecule has 12 heavy (non-hydrogen) atoms. The van der Waals surface area contributed by atoms with E-state index in [-0.39, 0.29) is 11.0 Å². The molecule has 3 N–H and O–H groups in total. The molecule has 0 radical (unpaired) electrons. The van der Waals surface area contributed by atoms with Crippen molar-refractivity contribution in [3.8, 4) is 0 Å². The van der Waals surface area contributed by atoms with Gasteiger partial charge in [0.05, 0.1) is 6.20 Å². The molecule has 0 atom stereocenters. The fraction of sp³-hybridized carbons (Fsp3) is 0. The summed E-state index contributed by atoms with van der Waals surface area (Å²) >= 11 is 0. The molecule has 0 amide bonds. The second kappa shape index (κ2) is 1.97. The van der Waals surface area contributed by atoms with Crippen LogP contribution in [0.5, 0.6) is 0 Å². The molecule has 0 fully saturated rings. The maximum absolute atomic E-state index is 11.0. The Kier molecular flexibility index (Phi) is 1.09. The van der Waals surface area contributed by atoms with E-state index in [1.807, 2.05) is 4.98 Å². The lowest BCUT2D eigenvalue weighted by Gasteiger charge is -1.93. The molecule has 7 heteroatoms. The van der Waals surface area contributed by atoms with Crippen LogP contribution in [0.25, 0.3) is 11.0 Å². The van der Waals surface area contributed by atoms with Gasteiger partial charge in [-0.3, -0.25) is 14.9 Å². The molecule has 0 aliphatic carbocycles. The van der Waals surface area contributed by atoms with E-state index in [1.54, 1.807) is 0 Å². The number of nitrogens with one attached hydrogen (secondary N) is 2. The van der Waals surface area contributed by atoms with Gasteiger partial charge in [0.15, 0.2) is 5.65 Å². The normalized spacial score (nSPS) is 10.7. The Morgan fingerprint density at radius 1 is 1.50 bits per heavy atom. The van der Waals surface area contributed by atoms with Crippen molar-refractivity contribution in [2.75, 3.05) is 0 Å². The number of hydrogen-bond donors (Lipinski definition) is 3. The lowest BCUT2D eigenvalue weighted by Crippen LogP contribution is -2.28. The SMILES string of the molecule is O=c1[nH]c(=O)n(O)c2[nH]ncc12. The summed E-state index contributed by atoms with van der Waals surface area (Å²) in [4.78, 5) is 23.6. The van der Waals surface area contributed by atoms with E-state index >= 15 is 0 Å². The summed E-state index contributed by atoms with van der Waals surface area (Å²) in [6.07, 6.45) is 1.22. The molecule has 62 valence electrons. The topological polar surface area (TPSA) is 104 Å². The molecule has 0 unspecified atom stereocenters. The van der Waals surface area contributed by atoms with Crippen molar-refractivity contribution in [2.45, 2.75) is 0 Å². The average Bonchev–Trinajstić information content (AvgIpc) is 2.48. The van der Waals surface area contributed by atoms with E-state index in [0.29, 0.717) is 4.73 Å². The molecule has 2 aromatic rings. The Labute approximate surface area is 64.2 Å². The molecular formula is C5H4N4O3. The molecule has 0 saturated heterocycles. The molecule has 0 aliphatic heterocycles. The zero-order chi connectivity index (χ0) is 8.72. The van der Waals surface area contributed by atoms with Crippen LogP contribution in [0.1, 0.15) is 0 Å². The second-order valence-electron chi connectivity index (χ2n) is 2.20. The highest BCUT2D eigenvalue weighted by Gasteiger charge is 2.06. The van der Waals surface area contributed by atoms with E-state index < -0.39 is 11.2 Å². The van der Waals surface area contributed by atoms with Gasteiger partial charge in [-0.15, -0.1) is 4.73 Å². The van der Waals surface area contributed by atoms with Crippen molar-refractivity contribution in [3.05, 3.63) is 27.0 Å². The molecule has 0 spiro atoms. The summed E-state index contributed by atoms with van der Waals surface area (Å²) in [6, 6.07) is 0. The summed E-state index contributed by atoms with van der Waals surface area (Å²) in [5.74, 6) is 0. The quantitative estimate of drug-likeness (QED) is 0.423. The molecule has 2 rings (SSSR count). The summed E-state index contributed by atoms with van der Waals surface area (Å²) in [5.41, 5.74) is -1.48. The van der Waals surface area contributed by atoms with E-state index in [4.69, 9.17) is 5.21 Å². The third kappa shape index (κ3) is 0.669. The van der Waals surface area contributed by atoms with Crippen molar-refractivity contribution >= 4 is 11.0 Å². The largest absolute Gasteiger partial charge is 0.422 e. The number of H-pyrrole nitrogens is 2. The highest BCUT2D eigenvalue weighted by Crippen LogP contribution is 1.97. The fourth-order valence-corrected chi connectivity index (χ4v) is 0.926. The van der Waals surface area contributed by atoms with Gasteiger partial charge in [0.1, 0.15) is 5.39 Å². The molecule has 0 bridgehead atoms. The fourth-order valence-electron chi connectivity index (χ4n) is 0.926. The minimum Gasteiger partial charge on any atom is -0.422 e. The first-order chi connectivity index (χ1) is 5.70. The van der Waals surface area contributed by atoms with Gasteiger partial charge >= 0.3 is 5.69 Å². The molecule has 0 aromatic carbocycles. The van der Waals surface area contributed by atoms with Crippen LogP contribution < -0.4 is 11.2 Å². The average molecular weight is 168 g/mol. The first-order valence-electron chi connectivity index (χ1n) is 3.08. The van der Waals surface area contributed by atoms with E-state index in [0.717, 1.165) is 0 Å². The van der Waals surface area contributed by atoms with E-state index in [2.05, 4.69) is 10.2 Å². The van der Waals surface area contributed by atoms with Crippen LogP contribution >= 0.6 is 0 Å². The number of rotatable bonds is 0. The minimum atomic E-state index is -0.892. The van der Waals surface area contributed by atoms with Gasteiger partial charge in [-0.25, -0.2) is 4.79 Å². The summed E-state index contributed by atoms with van der Waals surface area (Å²) in [5, 5.41) is 15.0. The summed E-state index contributed by atoms with van der Waals surface area (Å²) in [7, 11) is 0. The van der Waals surface area contributed by atoms with Crippen molar-refractivity contribution in [1.29, 1.82) is 0 Å². The second-order valence-corrected chi connectivity index (χ2v) is 2.20. The number of nitrogens with zero attached hydrogens (tertiary/aromatic N) is 2. The Morgan fingerprint density at radius 3 is 3.00 bits per heavy atom. The number of aromatic nitrogens is 4. The van der Waals surface area contributed by atoms with Gasteiger partial charge in [-0.05, 0) is 0 Å². The van der Waals surface area contributed by atoms with Crippen molar-refractivity contribution < 1.29 is 5.21 Å². The van der Waals surface area contributed by atoms with Gasteiger partial charge in [-0.2, -0.15) is 5.10 Å². The Morgan fingerprint density at radius 2 is 2.25 bits per heavy atom. The molecular weight excluding hydrogens is 164 g/mol. The first-order valence-corrected chi connectivity index (χ1v) is 3.08. The molecule has 7 nitrogen and oxygen atoms in total. The molecule has 2 heterocycles. The van der Waals surface area contributed by atoms with Crippen LogP contribution in [-0.4, -0.2) is 25.1 Å². The monoisotopic (exact) mass is 168 g/mol. The Hall–Kier alpha value is -2.05. The highest BCUT2D eigenvalue weighted by molar-refractivity contribution is 5.72. The number of hydrogen-bond acceptors (Lipinski definition) is 4. The Balaban J connectivity index is 3.18. The zero-order valence-electron chi connectivity index (χ0n) is 5.74. The lowest BCUT2D eigenvalue weighted by atomic mass is 10.4. The number of fused-ring (bicyclic) bond motifs is 1. The van der Waals surface area contributed by atoms with Crippen LogP contribution in [-0.2, 0) is 0 Å². The number of aromatic amines is 2. The van der Waals surface area contributed by atoms with Crippen LogP contribution in [0, 0.1) is 0 Å². The van der Waals surface area contributed by atoms with Crippen molar-refractivity contribution in [3.63, 3.8) is 0 Å². The van der Waals surface area contributed by atoms with Crippen LogP contribution in [0.3, 0.4) is 0 Å². The predicted octanol–water partition coefficient (Wildman–Crippen LogP) is -1.35. The van der Waals surface area contributed by atoms with Crippen LogP contribution in [0.15, 0.2) is 15.8 Å². The van der Waals surface area contributed by atoms with Gasteiger partial charge in [-0.1, -0.05) is 0 Å². The van der Waals surface area contributed by atoms with Gasteiger partial charge in [0.2, 0.25) is 0 Å². The Bertz CT molecular complexity index is 533. The summed E-state index contributed by atoms with van der Waals surface area (Å²) < 4.78 is 0.295. The van der Waals surface area contributed by atoms with Gasteiger partial charge < -0.3 is 5.21 Å². The van der Waals surface area contributed by atoms with Crippen LogP contribution in [0.2, 0.25) is 0 Å². The third-order valence-electron chi connectivity index (χ3n) is 1.49. The standard InChI is InChI=1S/C5H4N4O3/c10-4-2-1-6-8-3(2)9(12)5(11)7-4/h1,12H,(H,6,8)(H,7,10,11). The third-order valence-corrected chi connectivity index (χ3v) is 1.49. The molecule has 0 saturated carbocycles. The van der Waals surface area contributed by atoms with Crippen LogP contribution in [0.4, 0.5) is 0 Å². The maximum Gasteiger partial charge on any atom is 0.363 e. The van der Waals surface area contributed by atoms with Gasteiger partial charge in [0.25, 0.3) is 5.56 Å². The van der Waals surface area contributed by atoms with Crippen molar-refractivity contribution in [2.24, 2.45) is 0 Å². The first kappa shape index (κ1) is 6.65. The maximum atomic E-state index is 11.0.